The fourth-order valence-electron chi connectivity index (χ4n) is 3.33. The molecule has 0 amide bonds. The topological polar surface area (TPSA) is 45.0 Å². The van der Waals surface area contributed by atoms with E-state index in [1.54, 1.807) is 0 Å². The number of nitrogens with one attached hydrogen (secondary N) is 1. The quantitative estimate of drug-likeness (QED) is 0.841. The number of halogens is 1. The minimum Gasteiger partial charge on any atom is -0.381 e. The van der Waals surface area contributed by atoms with Crippen molar-refractivity contribution in [1.29, 1.82) is 5.26 Å². The average molecular weight is 385 g/mol. The number of benzene rings is 2. The maximum atomic E-state index is 9.02. The largest absolute Gasteiger partial charge is 0.381 e. The molecule has 124 valence electrons. The predicted octanol–water partition coefficient (Wildman–Crippen LogP) is 4.16. The summed E-state index contributed by atoms with van der Waals surface area (Å²) in [5, 5.41) is 12.6. The van der Waals surface area contributed by atoms with Gasteiger partial charge in [-0.05, 0) is 48.2 Å². The molecule has 0 radical (unpaired) electrons. The maximum absolute atomic E-state index is 9.02. The van der Waals surface area contributed by atoms with E-state index in [-0.39, 0.29) is 5.41 Å². The third-order valence-corrected chi connectivity index (χ3v) is 5.28. The summed E-state index contributed by atoms with van der Waals surface area (Å²) >= 11 is 3.52. The Morgan fingerprint density at radius 3 is 2.58 bits per heavy atom. The molecule has 0 aromatic heterocycles. The Labute approximate surface area is 151 Å². The molecule has 0 saturated carbocycles. The monoisotopic (exact) mass is 384 g/mol. The van der Waals surface area contributed by atoms with Crippen molar-refractivity contribution in [3.63, 3.8) is 0 Å². The molecule has 24 heavy (non-hydrogen) atoms. The van der Waals surface area contributed by atoms with Gasteiger partial charge < -0.3 is 10.1 Å². The number of rotatable bonds is 5. The highest BCUT2D eigenvalue weighted by atomic mass is 79.9. The lowest BCUT2D eigenvalue weighted by molar-refractivity contribution is 0.0498. The second-order valence-corrected chi connectivity index (χ2v) is 7.23. The van der Waals surface area contributed by atoms with Crippen molar-refractivity contribution in [2.75, 3.05) is 19.8 Å². The second kappa shape index (κ2) is 7.94. The molecule has 0 atom stereocenters. The lowest BCUT2D eigenvalue weighted by Crippen LogP contribution is -2.42. The zero-order valence-corrected chi connectivity index (χ0v) is 15.2. The zero-order chi connectivity index (χ0) is 16.8. The Morgan fingerprint density at radius 2 is 1.88 bits per heavy atom. The van der Waals surface area contributed by atoms with Crippen molar-refractivity contribution in [2.24, 2.45) is 0 Å². The molecule has 1 saturated heterocycles. The first kappa shape index (κ1) is 17.2. The highest BCUT2D eigenvalue weighted by Crippen LogP contribution is 2.35. The van der Waals surface area contributed by atoms with Crippen molar-refractivity contribution in [1.82, 2.24) is 5.32 Å². The molecule has 1 heterocycles. The van der Waals surface area contributed by atoms with E-state index in [0.29, 0.717) is 5.56 Å². The number of nitriles is 1. The van der Waals surface area contributed by atoms with Gasteiger partial charge in [-0.25, -0.2) is 0 Å². The molecule has 2 aromatic carbocycles. The van der Waals surface area contributed by atoms with Crippen LogP contribution >= 0.6 is 15.9 Å². The van der Waals surface area contributed by atoms with Crippen LogP contribution in [-0.4, -0.2) is 19.8 Å². The van der Waals surface area contributed by atoms with Gasteiger partial charge in [0.15, 0.2) is 0 Å². The Bertz CT molecular complexity index is 715. The Balaban J connectivity index is 1.70. The summed E-state index contributed by atoms with van der Waals surface area (Å²) in [6.45, 7) is 3.30. The van der Waals surface area contributed by atoms with Gasteiger partial charge in [-0.1, -0.05) is 40.2 Å². The van der Waals surface area contributed by atoms with E-state index in [1.807, 2.05) is 18.2 Å². The molecule has 0 aliphatic carbocycles. The van der Waals surface area contributed by atoms with Gasteiger partial charge in [-0.2, -0.15) is 5.26 Å². The van der Waals surface area contributed by atoms with Gasteiger partial charge in [-0.15, -0.1) is 0 Å². The molecule has 1 fully saturated rings. The minimum atomic E-state index is 0.117. The summed E-state index contributed by atoms with van der Waals surface area (Å²) in [7, 11) is 0. The van der Waals surface area contributed by atoms with E-state index in [0.717, 1.165) is 49.2 Å². The number of hydrogen-bond donors (Lipinski definition) is 1. The molecule has 3 nitrogen and oxygen atoms in total. The molecule has 0 unspecified atom stereocenters. The molecule has 1 N–H and O–H groups in total. The normalized spacial score (nSPS) is 16.5. The number of hydrogen-bond acceptors (Lipinski definition) is 3. The first-order chi connectivity index (χ1) is 11.7. The van der Waals surface area contributed by atoms with Crippen molar-refractivity contribution in [3.8, 4) is 6.07 Å². The Kier molecular flexibility index (Phi) is 5.68. The summed E-state index contributed by atoms with van der Waals surface area (Å²) in [5.41, 5.74) is 3.34. The summed E-state index contributed by atoms with van der Waals surface area (Å²) in [5.74, 6) is 0. The first-order valence-corrected chi connectivity index (χ1v) is 9.05. The van der Waals surface area contributed by atoms with E-state index in [1.165, 1.54) is 5.56 Å². The zero-order valence-electron chi connectivity index (χ0n) is 13.6. The van der Waals surface area contributed by atoms with Crippen LogP contribution in [0.5, 0.6) is 0 Å². The average Bonchev–Trinajstić information content (AvgIpc) is 2.63. The van der Waals surface area contributed by atoms with Crippen LogP contribution in [0.1, 0.15) is 29.5 Å². The van der Waals surface area contributed by atoms with Crippen LogP contribution in [0.4, 0.5) is 0 Å². The molecule has 0 spiro atoms. The van der Waals surface area contributed by atoms with Crippen LogP contribution in [-0.2, 0) is 16.7 Å². The number of ether oxygens (including phenoxy) is 1. The standard InChI is InChI=1S/C20H21BrN2O/c21-19-6-4-18(5-7-19)20(8-10-24-11-9-20)15-23-14-17-3-1-2-16(12-17)13-22/h1-7,12,23H,8-11,14-15H2. The van der Waals surface area contributed by atoms with Crippen LogP contribution in [0.3, 0.4) is 0 Å². The van der Waals surface area contributed by atoms with Gasteiger partial charge in [0.2, 0.25) is 0 Å². The fraction of sp³-hybridized carbons (Fsp3) is 0.350. The molecule has 0 bridgehead atoms. The van der Waals surface area contributed by atoms with Crippen molar-refractivity contribution < 1.29 is 4.74 Å². The third kappa shape index (κ3) is 4.05. The second-order valence-electron chi connectivity index (χ2n) is 6.32. The Morgan fingerprint density at radius 1 is 1.12 bits per heavy atom. The fourth-order valence-corrected chi connectivity index (χ4v) is 3.59. The van der Waals surface area contributed by atoms with Gasteiger partial charge in [0.25, 0.3) is 0 Å². The molecule has 1 aliphatic heterocycles. The van der Waals surface area contributed by atoms with E-state index in [9.17, 15) is 0 Å². The molecule has 2 aromatic rings. The van der Waals surface area contributed by atoms with Crippen LogP contribution < -0.4 is 5.32 Å². The third-order valence-electron chi connectivity index (χ3n) is 4.76. The molecular formula is C20H21BrN2O. The van der Waals surface area contributed by atoms with E-state index >= 15 is 0 Å². The van der Waals surface area contributed by atoms with Gasteiger partial charge in [0.05, 0.1) is 11.6 Å². The molecule has 3 rings (SSSR count). The van der Waals surface area contributed by atoms with Crippen LogP contribution in [0.25, 0.3) is 0 Å². The lowest BCUT2D eigenvalue weighted by atomic mass is 9.74. The molecule has 1 aliphatic rings. The highest BCUT2D eigenvalue weighted by molar-refractivity contribution is 9.10. The van der Waals surface area contributed by atoms with Crippen LogP contribution in [0.15, 0.2) is 53.0 Å². The SMILES string of the molecule is N#Cc1cccc(CNCC2(c3ccc(Br)cc3)CCOCC2)c1. The van der Waals surface area contributed by atoms with E-state index in [2.05, 4.69) is 57.6 Å². The van der Waals surface area contributed by atoms with Gasteiger partial charge >= 0.3 is 0 Å². The van der Waals surface area contributed by atoms with Crippen molar-refractivity contribution in [2.45, 2.75) is 24.8 Å². The molecule has 4 heteroatoms. The van der Waals surface area contributed by atoms with Crippen molar-refractivity contribution in [3.05, 3.63) is 69.7 Å². The van der Waals surface area contributed by atoms with Crippen molar-refractivity contribution >= 4 is 15.9 Å². The summed E-state index contributed by atoms with van der Waals surface area (Å²) in [4.78, 5) is 0. The lowest BCUT2D eigenvalue weighted by Gasteiger charge is -2.38. The van der Waals surface area contributed by atoms with Crippen LogP contribution in [0, 0.1) is 11.3 Å². The number of nitrogens with zero attached hydrogens (tertiary/aromatic N) is 1. The maximum Gasteiger partial charge on any atom is 0.0991 e. The minimum absolute atomic E-state index is 0.117. The van der Waals surface area contributed by atoms with E-state index in [4.69, 9.17) is 10.00 Å². The summed E-state index contributed by atoms with van der Waals surface area (Å²) < 4.78 is 6.70. The van der Waals surface area contributed by atoms with Crippen LogP contribution in [0.2, 0.25) is 0 Å². The smallest absolute Gasteiger partial charge is 0.0991 e. The first-order valence-electron chi connectivity index (χ1n) is 8.25. The summed E-state index contributed by atoms with van der Waals surface area (Å²) in [6, 6.07) is 18.6. The van der Waals surface area contributed by atoms with E-state index < -0.39 is 0 Å². The van der Waals surface area contributed by atoms with Gasteiger partial charge in [0.1, 0.15) is 0 Å². The summed E-state index contributed by atoms with van der Waals surface area (Å²) in [6.07, 6.45) is 2.06. The molecular weight excluding hydrogens is 364 g/mol. The predicted molar refractivity (Wildman–Crippen MR) is 98.7 cm³/mol. The van der Waals surface area contributed by atoms with Gasteiger partial charge in [0, 0.05) is 36.2 Å². The van der Waals surface area contributed by atoms with Gasteiger partial charge in [-0.3, -0.25) is 0 Å². The highest BCUT2D eigenvalue weighted by Gasteiger charge is 2.34. The Hall–Kier alpha value is -1.67.